The summed E-state index contributed by atoms with van der Waals surface area (Å²) in [6.07, 6.45) is 6.44. The summed E-state index contributed by atoms with van der Waals surface area (Å²) in [6, 6.07) is 1.16. The number of hydrogen-bond donors (Lipinski definition) is 2. The first-order valence-corrected chi connectivity index (χ1v) is 5.79. The van der Waals surface area contributed by atoms with E-state index in [0.717, 1.165) is 6.54 Å². The minimum Gasteiger partial charge on any atom is -0.328 e. The normalized spacial score (nSPS) is 35.1. The molecule has 0 aromatic heterocycles. The monoisotopic (exact) mass is 197 g/mol. The van der Waals surface area contributed by atoms with Gasteiger partial charge in [-0.1, -0.05) is 0 Å². The Balaban J connectivity index is 1.73. The molecule has 2 aliphatic carbocycles. The third-order valence-corrected chi connectivity index (χ3v) is 4.13. The summed E-state index contributed by atoms with van der Waals surface area (Å²) in [5, 5.41) is 3.65. The van der Waals surface area contributed by atoms with Gasteiger partial charge in [0.25, 0.3) is 0 Å². The van der Waals surface area contributed by atoms with Gasteiger partial charge in [0.05, 0.1) is 0 Å². The van der Waals surface area contributed by atoms with Crippen molar-refractivity contribution >= 4 is 0 Å². The van der Waals surface area contributed by atoms with Crippen molar-refractivity contribution in [1.29, 1.82) is 0 Å². The van der Waals surface area contributed by atoms with E-state index in [4.69, 9.17) is 5.73 Å². The summed E-state index contributed by atoms with van der Waals surface area (Å²) in [5.41, 5.74) is 6.22. The van der Waals surface area contributed by atoms with Crippen molar-refractivity contribution in [3.05, 3.63) is 0 Å². The van der Waals surface area contributed by atoms with E-state index in [0.29, 0.717) is 17.6 Å². The van der Waals surface area contributed by atoms with Crippen LogP contribution in [0.3, 0.4) is 0 Å². The van der Waals surface area contributed by atoms with Crippen LogP contribution < -0.4 is 11.1 Å². The highest BCUT2D eigenvalue weighted by Gasteiger charge is 2.39. The van der Waals surface area contributed by atoms with Gasteiger partial charge in [-0.2, -0.15) is 0 Å². The highest BCUT2D eigenvalue weighted by atomic mass is 15.2. The molecule has 2 rings (SSSR count). The minimum absolute atomic E-state index is 0.458. The molecule has 0 heterocycles. The fourth-order valence-corrected chi connectivity index (χ4v) is 2.53. The van der Waals surface area contributed by atoms with Crippen LogP contribution in [-0.4, -0.2) is 43.2 Å². The van der Waals surface area contributed by atoms with Crippen molar-refractivity contribution < 1.29 is 0 Å². The zero-order valence-electron chi connectivity index (χ0n) is 9.42. The lowest BCUT2D eigenvalue weighted by Crippen LogP contribution is -2.60. The summed E-state index contributed by atoms with van der Waals surface area (Å²) in [7, 11) is 4.40. The van der Waals surface area contributed by atoms with Gasteiger partial charge in [-0.05, 0) is 46.2 Å². The Morgan fingerprint density at radius 2 is 2.00 bits per heavy atom. The van der Waals surface area contributed by atoms with Gasteiger partial charge in [-0.25, -0.2) is 0 Å². The van der Waals surface area contributed by atoms with E-state index >= 15 is 0 Å². The number of nitrogens with one attached hydrogen (secondary N) is 1. The first kappa shape index (κ1) is 10.4. The Bertz CT molecular complexity index is 193. The molecule has 0 aromatic carbocycles. The maximum Gasteiger partial charge on any atom is 0.0328 e. The molecule has 0 bridgehead atoms. The molecule has 0 unspecified atom stereocenters. The second-order valence-corrected chi connectivity index (χ2v) is 5.28. The number of likely N-dealkylation sites (N-methyl/N-ethyl adjacent to an activating group) is 1. The van der Waals surface area contributed by atoms with Crippen molar-refractivity contribution in [3.63, 3.8) is 0 Å². The maximum absolute atomic E-state index is 5.76. The molecule has 0 spiro atoms. The number of nitrogens with two attached hydrogens (primary N) is 1. The van der Waals surface area contributed by atoms with Crippen LogP contribution in [0.2, 0.25) is 0 Å². The molecular formula is C11H23N3. The zero-order chi connectivity index (χ0) is 10.2. The number of nitrogens with zero attached hydrogens (tertiary/aromatic N) is 1. The molecule has 0 saturated heterocycles. The van der Waals surface area contributed by atoms with Gasteiger partial charge in [0.15, 0.2) is 0 Å². The average molecular weight is 197 g/mol. The van der Waals surface area contributed by atoms with Crippen molar-refractivity contribution in [3.8, 4) is 0 Å². The van der Waals surface area contributed by atoms with Crippen LogP contribution >= 0.6 is 0 Å². The first-order chi connectivity index (χ1) is 6.62. The molecule has 2 fully saturated rings. The SMILES string of the molecule is CN(C)C1(CNC2CC(N)C2)CCC1. The Kier molecular flexibility index (Phi) is 2.82. The van der Waals surface area contributed by atoms with Gasteiger partial charge in [0.1, 0.15) is 0 Å². The lowest BCUT2D eigenvalue weighted by molar-refractivity contribution is 0.0526. The Morgan fingerprint density at radius 3 is 2.36 bits per heavy atom. The maximum atomic E-state index is 5.76. The summed E-state index contributed by atoms with van der Waals surface area (Å²) in [5.74, 6) is 0. The van der Waals surface area contributed by atoms with Crippen molar-refractivity contribution in [1.82, 2.24) is 10.2 Å². The Labute approximate surface area is 87.0 Å². The fraction of sp³-hybridized carbons (Fsp3) is 1.00. The molecule has 3 heteroatoms. The Morgan fingerprint density at radius 1 is 1.36 bits per heavy atom. The van der Waals surface area contributed by atoms with E-state index in [2.05, 4.69) is 24.3 Å². The molecular weight excluding hydrogens is 174 g/mol. The van der Waals surface area contributed by atoms with Crippen LogP contribution in [0.4, 0.5) is 0 Å². The smallest absolute Gasteiger partial charge is 0.0328 e. The number of rotatable bonds is 4. The predicted octanol–water partition coefficient (Wildman–Crippen LogP) is 0.550. The van der Waals surface area contributed by atoms with E-state index in [1.807, 2.05) is 0 Å². The molecule has 3 nitrogen and oxygen atoms in total. The fourth-order valence-electron chi connectivity index (χ4n) is 2.53. The van der Waals surface area contributed by atoms with Gasteiger partial charge in [0.2, 0.25) is 0 Å². The highest BCUT2D eigenvalue weighted by molar-refractivity contribution is 4.99. The van der Waals surface area contributed by atoms with Crippen molar-refractivity contribution in [2.75, 3.05) is 20.6 Å². The van der Waals surface area contributed by atoms with Gasteiger partial charge < -0.3 is 16.0 Å². The molecule has 14 heavy (non-hydrogen) atoms. The molecule has 2 aliphatic rings. The highest BCUT2D eigenvalue weighted by Crippen LogP contribution is 2.35. The third-order valence-electron chi connectivity index (χ3n) is 4.13. The second kappa shape index (κ2) is 3.80. The summed E-state index contributed by atoms with van der Waals surface area (Å²) >= 11 is 0. The van der Waals surface area contributed by atoms with Crippen LogP contribution in [0.5, 0.6) is 0 Å². The lowest BCUT2D eigenvalue weighted by atomic mass is 9.75. The molecule has 0 aliphatic heterocycles. The van der Waals surface area contributed by atoms with E-state index in [-0.39, 0.29) is 0 Å². The molecule has 3 N–H and O–H groups in total. The van der Waals surface area contributed by atoms with Crippen molar-refractivity contribution in [2.45, 2.75) is 49.7 Å². The molecule has 2 saturated carbocycles. The summed E-state index contributed by atoms with van der Waals surface area (Å²) < 4.78 is 0. The predicted molar refractivity (Wildman–Crippen MR) is 59.3 cm³/mol. The Hall–Kier alpha value is -0.120. The van der Waals surface area contributed by atoms with Crippen LogP contribution in [0.25, 0.3) is 0 Å². The van der Waals surface area contributed by atoms with E-state index in [1.165, 1.54) is 32.1 Å². The van der Waals surface area contributed by atoms with Gasteiger partial charge in [-0.15, -0.1) is 0 Å². The van der Waals surface area contributed by atoms with Gasteiger partial charge in [-0.3, -0.25) is 0 Å². The number of hydrogen-bond acceptors (Lipinski definition) is 3. The van der Waals surface area contributed by atoms with E-state index in [9.17, 15) is 0 Å². The van der Waals surface area contributed by atoms with E-state index in [1.54, 1.807) is 0 Å². The van der Waals surface area contributed by atoms with Crippen LogP contribution in [0.1, 0.15) is 32.1 Å². The molecule has 0 amide bonds. The second-order valence-electron chi connectivity index (χ2n) is 5.28. The average Bonchev–Trinajstić information content (AvgIpc) is 1.97. The first-order valence-electron chi connectivity index (χ1n) is 5.79. The molecule has 82 valence electrons. The zero-order valence-corrected chi connectivity index (χ0v) is 9.42. The summed E-state index contributed by atoms with van der Waals surface area (Å²) in [6.45, 7) is 1.15. The van der Waals surface area contributed by atoms with Crippen LogP contribution in [0.15, 0.2) is 0 Å². The van der Waals surface area contributed by atoms with Crippen LogP contribution in [0, 0.1) is 0 Å². The standard InChI is InChI=1S/C11H23N3/c1-14(2)11(4-3-5-11)8-13-10-6-9(12)7-10/h9-10,13H,3-8,12H2,1-2H3. The quantitative estimate of drug-likeness (QED) is 0.691. The topological polar surface area (TPSA) is 41.3 Å². The van der Waals surface area contributed by atoms with Gasteiger partial charge >= 0.3 is 0 Å². The van der Waals surface area contributed by atoms with Gasteiger partial charge in [0, 0.05) is 24.2 Å². The molecule has 0 radical (unpaired) electrons. The van der Waals surface area contributed by atoms with Crippen molar-refractivity contribution in [2.24, 2.45) is 5.73 Å². The molecule has 0 aromatic rings. The van der Waals surface area contributed by atoms with Crippen LogP contribution in [-0.2, 0) is 0 Å². The minimum atomic E-state index is 0.458. The third kappa shape index (κ3) is 1.81. The molecule has 0 atom stereocenters. The van der Waals surface area contributed by atoms with E-state index < -0.39 is 0 Å². The lowest BCUT2D eigenvalue weighted by Gasteiger charge is -2.49. The largest absolute Gasteiger partial charge is 0.328 e. The summed E-state index contributed by atoms with van der Waals surface area (Å²) in [4.78, 5) is 2.39.